The Morgan fingerprint density at radius 1 is 1.31 bits per heavy atom. The van der Waals surface area contributed by atoms with Crippen molar-refractivity contribution >= 4 is 10.9 Å². The fourth-order valence-electron chi connectivity index (χ4n) is 2.62. The molecule has 0 fully saturated rings. The Kier molecular flexibility index (Phi) is 2.03. The van der Waals surface area contributed by atoms with Crippen LogP contribution >= 0.6 is 0 Å². The highest BCUT2D eigenvalue weighted by atomic mass is 19.1. The lowest BCUT2D eigenvalue weighted by Gasteiger charge is -2.17. The number of aromatic nitrogens is 1. The number of hydrogen-bond acceptors (Lipinski definition) is 0. The zero-order chi connectivity index (χ0) is 11.3. The molecule has 0 aliphatic heterocycles. The molecular weight excluding hydrogens is 208 g/mol. The number of halogens is 2. The third-order valence-corrected chi connectivity index (χ3v) is 3.46. The summed E-state index contributed by atoms with van der Waals surface area (Å²) in [6.07, 6.45) is 2.97. The van der Waals surface area contributed by atoms with E-state index >= 15 is 0 Å². The predicted molar refractivity (Wildman–Crippen MR) is 59.4 cm³/mol. The van der Waals surface area contributed by atoms with Crippen LogP contribution < -0.4 is 0 Å². The van der Waals surface area contributed by atoms with Crippen molar-refractivity contribution in [1.82, 2.24) is 4.98 Å². The summed E-state index contributed by atoms with van der Waals surface area (Å²) >= 11 is 0. The second-order valence-electron chi connectivity index (χ2n) is 4.74. The maximum absolute atomic E-state index is 13.6. The Balaban J connectivity index is 2.30. The first-order valence-electron chi connectivity index (χ1n) is 5.63. The molecule has 0 saturated heterocycles. The van der Waals surface area contributed by atoms with Crippen LogP contribution in [0.5, 0.6) is 0 Å². The van der Waals surface area contributed by atoms with Crippen LogP contribution in [-0.2, 0) is 12.8 Å². The van der Waals surface area contributed by atoms with Crippen LogP contribution in [0.1, 0.15) is 24.6 Å². The van der Waals surface area contributed by atoms with Gasteiger partial charge in [0.15, 0.2) is 0 Å². The third-order valence-electron chi connectivity index (χ3n) is 3.46. The lowest BCUT2D eigenvalue weighted by molar-refractivity contribution is 0.499. The molecule has 1 nitrogen and oxygen atoms in total. The molecule has 0 radical (unpaired) electrons. The lowest BCUT2D eigenvalue weighted by Crippen LogP contribution is -2.09. The van der Waals surface area contributed by atoms with E-state index in [1.807, 2.05) is 0 Å². The second kappa shape index (κ2) is 3.30. The fraction of sp³-hybridized carbons (Fsp3) is 0.385. The average molecular weight is 221 g/mol. The molecule has 3 heteroatoms. The summed E-state index contributed by atoms with van der Waals surface area (Å²) in [6, 6.07) is 2.37. The molecular formula is C13H13F2N. The highest BCUT2D eigenvalue weighted by Gasteiger charge is 2.21. The van der Waals surface area contributed by atoms with Crippen molar-refractivity contribution in [2.45, 2.75) is 26.2 Å². The van der Waals surface area contributed by atoms with Crippen molar-refractivity contribution in [3.8, 4) is 0 Å². The van der Waals surface area contributed by atoms with Gasteiger partial charge in [0.05, 0.1) is 5.52 Å². The van der Waals surface area contributed by atoms with Gasteiger partial charge in [-0.05, 0) is 36.8 Å². The SMILES string of the molecule is CC1CCc2[nH]c3c(F)cc(F)cc3c2C1. The Morgan fingerprint density at radius 3 is 2.94 bits per heavy atom. The molecule has 0 bridgehead atoms. The van der Waals surface area contributed by atoms with Gasteiger partial charge in [0.2, 0.25) is 0 Å². The summed E-state index contributed by atoms with van der Waals surface area (Å²) in [6.45, 7) is 2.18. The van der Waals surface area contributed by atoms with Crippen molar-refractivity contribution < 1.29 is 8.78 Å². The first-order chi connectivity index (χ1) is 7.65. The third kappa shape index (κ3) is 1.34. The van der Waals surface area contributed by atoms with Gasteiger partial charge in [0.1, 0.15) is 11.6 Å². The van der Waals surface area contributed by atoms with Crippen LogP contribution in [-0.4, -0.2) is 4.98 Å². The molecule has 1 unspecified atom stereocenters. The molecule has 1 aliphatic carbocycles. The molecule has 2 aromatic rings. The number of benzene rings is 1. The van der Waals surface area contributed by atoms with E-state index in [-0.39, 0.29) is 0 Å². The largest absolute Gasteiger partial charge is 0.356 e. The van der Waals surface area contributed by atoms with Gasteiger partial charge < -0.3 is 4.98 Å². The van der Waals surface area contributed by atoms with Gasteiger partial charge in [-0.25, -0.2) is 8.78 Å². The molecule has 3 rings (SSSR count). The zero-order valence-electron chi connectivity index (χ0n) is 9.11. The van der Waals surface area contributed by atoms with Gasteiger partial charge in [-0.2, -0.15) is 0 Å². The Hall–Kier alpha value is -1.38. The van der Waals surface area contributed by atoms with E-state index < -0.39 is 11.6 Å². The topological polar surface area (TPSA) is 15.8 Å². The van der Waals surface area contributed by atoms with Crippen LogP contribution in [0.15, 0.2) is 12.1 Å². The van der Waals surface area contributed by atoms with E-state index in [2.05, 4.69) is 11.9 Å². The normalized spacial score (nSPS) is 20.1. The Labute approximate surface area is 92.5 Å². The summed E-state index contributed by atoms with van der Waals surface area (Å²) in [5.41, 5.74) is 2.64. The van der Waals surface area contributed by atoms with Crippen molar-refractivity contribution in [3.05, 3.63) is 35.0 Å². The maximum atomic E-state index is 13.6. The summed E-state index contributed by atoms with van der Waals surface area (Å²) in [5.74, 6) is -0.389. The highest BCUT2D eigenvalue weighted by Crippen LogP contribution is 2.32. The van der Waals surface area contributed by atoms with Crippen molar-refractivity contribution in [3.63, 3.8) is 0 Å². The van der Waals surface area contributed by atoms with E-state index in [1.54, 1.807) is 0 Å². The predicted octanol–water partition coefficient (Wildman–Crippen LogP) is 3.57. The fourth-order valence-corrected chi connectivity index (χ4v) is 2.62. The maximum Gasteiger partial charge on any atom is 0.150 e. The quantitative estimate of drug-likeness (QED) is 0.700. The van der Waals surface area contributed by atoms with Crippen LogP contribution in [0.3, 0.4) is 0 Å². The molecule has 1 aromatic carbocycles. The number of H-pyrrole nitrogens is 1. The van der Waals surface area contributed by atoms with Gasteiger partial charge in [0, 0.05) is 17.1 Å². The van der Waals surface area contributed by atoms with Crippen molar-refractivity contribution in [2.75, 3.05) is 0 Å². The van der Waals surface area contributed by atoms with Crippen molar-refractivity contribution in [1.29, 1.82) is 0 Å². The van der Waals surface area contributed by atoms with E-state index in [1.165, 1.54) is 6.07 Å². The summed E-state index contributed by atoms with van der Waals surface area (Å²) < 4.78 is 26.7. The number of nitrogens with one attached hydrogen (secondary N) is 1. The minimum atomic E-state index is -0.495. The first-order valence-corrected chi connectivity index (χ1v) is 5.63. The minimum Gasteiger partial charge on any atom is -0.356 e. The van der Waals surface area contributed by atoms with Gasteiger partial charge in [-0.3, -0.25) is 0 Å². The summed E-state index contributed by atoms with van der Waals surface area (Å²) in [5, 5.41) is 0.721. The molecule has 1 aliphatic rings. The van der Waals surface area contributed by atoms with Crippen LogP contribution in [0.2, 0.25) is 0 Å². The van der Waals surface area contributed by atoms with E-state index in [4.69, 9.17) is 0 Å². The van der Waals surface area contributed by atoms with E-state index in [0.717, 1.165) is 42.0 Å². The van der Waals surface area contributed by atoms with Crippen LogP contribution in [0.25, 0.3) is 10.9 Å². The molecule has 1 aromatic heterocycles. The number of rotatable bonds is 0. The smallest absolute Gasteiger partial charge is 0.150 e. The molecule has 16 heavy (non-hydrogen) atoms. The minimum absolute atomic E-state index is 0.459. The monoisotopic (exact) mass is 221 g/mol. The number of aromatic amines is 1. The van der Waals surface area contributed by atoms with Gasteiger partial charge in [-0.15, -0.1) is 0 Å². The first kappa shape index (κ1) is 9.82. The molecule has 0 spiro atoms. The van der Waals surface area contributed by atoms with Crippen molar-refractivity contribution in [2.24, 2.45) is 5.92 Å². The zero-order valence-corrected chi connectivity index (χ0v) is 9.11. The Bertz CT molecular complexity index is 557. The van der Waals surface area contributed by atoms with Crippen LogP contribution in [0, 0.1) is 17.6 Å². The second-order valence-corrected chi connectivity index (χ2v) is 4.74. The number of fused-ring (bicyclic) bond motifs is 3. The number of hydrogen-bond donors (Lipinski definition) is 1. The average Bonchev–Trinajstić information content (AvgIpc) is 2.57. The molecule has 1 N–H and O–H groups in total. The van der Waals surface area contributed by atoms with E-state index in [0.29, 0.717) is 11.4 Å². The molecule has 0 amide bonds. The van der Waals surface area contributed by atoms with Gasteiger partial charge >= 0.3 is 0 Å². The molecule has 1 heterocycles. The lowest BCUT2D eigenvalue weighted by atomic mass is 9.88. The molecule has 1 atom stereocenters. The molecule has 84 valence electrons. The summed E-state index contributed by atoms with van der Waals surface area (Å²) in [4.78, 5) is 3.09. The van der Waals surface area contributed by atoms with Crippen LogP contribution in [0.4, 0.5) is 8.78 Å². The van der Waals surface area contributed by atoms with Gasteiger partial charge in [-0.1, -0.05) is 6.92 Å². The summed E-state index contributed by atoms with van der Waals surface area (Å²) in [7, 11) is 0. The Morgan fingerprint density at radius 2 is 2.12 bits per heavy atom. The van der Waals surface area contributed by atoms with E-state index in [9.17, 15) is 8.78 Å². The molecule has 0 saturated carbocycles. The number of aryl methyl sites for hydroxylation is 1. The highest BCUT2D eigenvalue weighted by molar-refractivity contribution is 5.85. The standard InChI is InChI=1S/C13H13F2N/c1-7-2-3-12-9(4-7)10-5-8(14)6-11(15)13(10)16-12/h5-7,16H,2-4H2,1H3. The van der Waals surface area contributed by atoms with Gasteiger partial charge in [0.25, 0.3) is 0 Å².